The fourth-order valence-corrected chi connectivity index (χ4v) is 2.55. The predicted molar refractivity (Wildman–Crippen MR) is 67.8 cm³/mol. The van der Waals surface area contributed by atoms with Crippen LogP contribution in [0.25, 0.3) is 0 Å². The van der Waals surface area contributed by atoms with Crippen molar-refractivity contribution in [1.82, 2.24) is 0 Å². The van der Waals surface area contributed by atoms with Crippen LogP contribution >= 0.6 is 0 Å². The monoisotopic (exact) mass is 227 g/mol. The van der Waals surface area contributed by atoms with E-state index < -0.39 is 0 Å². The highest BCUT2D eigenvalue weighted by molar-refractivity contribution is 5.57. The Bertz CT molecular complexity index is 536. The van der Waals surface area contributed by atoms with E-state index in [2.05, 4.69) is 17.4 Å². The zero-order valence-electron chi connectivity index (χ0n) is 9.49. The lowest BCUT2D eigenvalue weighted by Crippen LogP contribution is -2.18. The number of rotatable bonds is 1. The minimum Gasteiger partial charge on any atom is -0.385 e. The minimum atomic E-state index is -0.103. The van der Waals surface area contributed by atoms with E-state index in [1.54, 1.807) is 12.1 Å². The second-order valence-corrected chi connectivity index (χ2v) is 4.38. The van der Waals surface area contributed by atoms with E-state index in [4.69, 9.17) is 0 Å². The second-order valence-electron chi connectivity index (χ2n) is 4.38. The van der Waals surface area contributed by atoms with Crippen LogP contribution in [-0.2, 0) is 0 Å². The van der Waals surface area contributed by atoms with Crippen LogP contribution in [0, 0.1) is 5.82 Å². The van der Waals surface area contributed by atoms with Crippen molar-refractivity contribution in [1.29, 1.82) is 0 Å². The third-order valence-corrected chi connectivity index (χ3v) is 3.37. The molecule has 2 heteroatoms. The first-order valence-electron chi connectivity index (χ1n) is 5.93. The van der Waals surface area contributed by atoms with Gasteiger partial charge in [-0.2, -0.15) is 0 Å². The molecule has 1 aliphatic heterocycles. The van der Waals surface area contributed by atoms with Gasteiger partial charge >= 0.3 is 0 Å². The van der Waals surface area contributed by atoms with Crippen LogP contribution in [0.15, 0.2) is 48.5 Å². The topological polar surface area (TPSA) is 12.0 Å². The van der Waals surface area contributed by atoms with Crippen LogP contribution in [0.1, 0.15) is 23.5 Å². The van der Waals surface area contributed by atoms with Crippen LogP contribution in [0.2, 0.25) is 0 Å². The molecular formula is C15H14FN. The van der Waals surface area contributed by atoms with Crippen molar-refractivity contribution in [2.24, 2.45) is 0 Å². The standard InChI is InChI=1S/C15H14FN/c16-14-7-3-1-5-12(14)11-9-10-17-15-8-4-2-6-13(11)15/h1-8,11,17H,9-10H2. The van der Waals surface area contributed by atoms with Crippen molar-refractivity contribution in [3.63, 3.8) is 0 Å². The summed E-state index contributed by atoms with van der Waals surface area (Å²) in [5.41, 5.74) is 3.14. The lowest BCUT2D eigenvalue weighted by atomic mass is 9.85. The molecule has 3 rings (SSSR count). The molecule has 0 aromatic heterocycles. The number of para-hydroxylation sites is 1. The number of fused-ring (bicyclic) bond motifs is 1. The molecule has 17 heavy (non-hydrogen) atoms. The molecule has 1 atom stereocenters. The summed E-state index contributed by atoms with van der Waals surface area (Å²) in [7, 11) is 0. The van der Waals surface area contributed by atoms with Gasteiger partial charge in [0.15, 0.2) is 0 Å². The molecule has 0 saturated heterocycles. The molecule has 0 bridgehead atoms. The average molecular weight is 227 g/mol. The first-order valence-corrected chi connectivity index (χ1v) is 5.93. The zero-order valence-corrected chi connectivity index (χ0v) is 9.49. The van der Waals surface area contributed by atoms with Crippen molar-refractivity contribution in [3.8, 4) is 0 Å². The number of anilines is 1. The summed E-state index contributed by atoms with van der Waals surface area (Å²) >= 11 is 0. The smallest absolute Gasteiger partial charge is 0.127 e. The summed E-state index contributed by atoms with van der Waals surface area (Å²) in [5.74, 6) is 0.0721. The molecular weight excluding hydrogens is 213 g/mol. The number of benzene rings is 2. The van der Waals surface area contributed by atoms with Gasteiger partial charge in [-0.25, -0.2) is 4.39 Å². The molecule has 1 heterocycles. The molecule has 0 aliphatic carbocycles. The molecule has 1 unspecified atom stereocenters. The highest BCUT2D eigenvalue weighted by atomic mass is 19.1. The predicted octanol–water partition coefficient (Wildman–Crippen LogP) is 3.77. The first kappa shape index (κ1) is 10.3. The highest BCUT2D eigenvalue weighted by Crippen LogP contribution is 2.37. The number of hydrogen-bond acceptors (Lipinski definition) is 1. The molecule has 86 valence electrons. The maximum atomic E-state index is 13.8. The van der Waals surface area contributed by atoms with Gasteiger partial charge in [0.25, 0.3) is 0 Å². The van der Waals surface area contributed by atoms with Gasteiger partial charge in [0.05, 0.1) is 0 Å². The quantitative estimate of drug-likeness (QED) is 0.782. The Morgan fingerprint density at radius 2 is 1.65 bits per heavy atom. The Kier molecular flexibility index (Phi) is 2.56. The van der Waals surface area contributed by atoms with Crippen molar-refractivity contribution in [3.05, 3.63) is 65.5 Å². The van der Waals surface area contributed by atoms with Crippen molar-refractivity contribution in [2.45, 2.75) is 12.3 Å². The fourth-order valence-electron chi connectivity index (χ4n) is 2.55. The molecule has 2 aromatic rings. The van der Waals surface area contributed by atoms with Crippen molar-refractivity contribution < 1.29 is 4.39 Å². The average Bonchev–Trinajstić information content (AvgIpc) is 2.39. The molecule has 1 nitrogen and oxygen atoms in total. The van der Waals surface area contributed by atoms with Gasteiger partial charge in [0, 0.05) is 18.2 Å². The van der Waals surface area contributed by atoms with Crippen molar-refractivity contribution >= 4 is 5.69 Å². The maximum Gasteiger partial charge on any atom is 0.127 e. The van der Waals surface area contributed by atoms with Gasteiger partial charge in [0.2, 0.25) is 0 Å². The SMILES string of the molecule is Fc1ccccc1C1CCNc2ccccc21. The Hall–Kier alpha value is -1.83. The zero-order chi connectivity index (χ0) is 11.7. The van der Waals surface area contributed by atoms with E-state index >= 15 is 0 Å². The van der Waals surface area contributed by atoms with Crippen molar-refractivity contribution in [2.75, 3.05) is 11.9 Å². The Labute approximate surface area is 100 Å². The summed E-state index contributed by atoms with van der Waals surface area (Å²) in [5, 5.41) is 3.36. The van der Waals surface area contributed by atoms with E-state index in [1.165, 1.54) is 5.56 Å². The first-order chi connectivity index (χ1) is 8.36. The summed E-state index contributed by atoms with van der Waals surface area (Å²) in [6.45, 7) is 0.899. The normalized spacial score (nSPS) is 18.3. The molecule has 0 spiro atoms. The van der Waals surface area contributed by atoms with Gasteiger partial charge in [-0.15, -0.1) is 0 Å². The van der Waals surface area contributed by atoms with Gasteiger partial charge in [-0.3, -0.25) is 0 Å². The van der Waals surface area contributed by atoms with Crippen LogP contribution in [-0.4, -0.2) is 6.54 Å². The second kappa shape index (κ2) is 4.21. The van der Waals surface area contributed by atoms with Gasteiger partial charge in [-0.1, -0.05) is 36.4 Å². The van der Waals surface area contributed by atoms with E-state index in [9.17, 15) is 4.39 Å². The third kappa shape index (κ3) is 1.80. The third-order valence-electron chi connectivity index (χ3n) is 3.37. The van der Waals surface area contributed by atoms with Crippen LogP contribution in [0.3, 0.4) is 0 Å². The summed E-state index contributed by atoms with van der Waals surface area (Å²) in [6.07, 6.45) is 0.942. The lowest BCUT2D eigenvalue weighted by Gasteiger charge is -2.27. The Morgan fingerprint density at radius 3 is 2.47 bits per heavy atom. The van der Waals surface area contributed by atoms with Gasteiger partial charge in [-0.05, 0) is 29.7 Å². The van der Waals surface area contributed by atoms with Gasteiger partial charge in [0.1, 0.15) is 5.82 Å². The van der Waals surface area contributed by atoms with Crippen LogP contribution in [0.4, 0.5) is 10.1 Å². The Balaban J connectivity index is 2.09. The largest absolute Gasteiger partial charge is 0.385 e. The molecule has 2 aromatic carbocycles. The minimum absolute atomic E-state index is 0.103. The number of hydrogen-bond donors (Lipinski definition) is 1. The molecule has 0 radical (unpaired) electrons. The lowest BCUT2D eigenvalue weighted by molar-refractivity contribution is 0.586. The van der Waals surface area contributed by atoms with Gasteiger partial charge < -0.3 is 5.32 Å². The van der Waals surface area contributed by atoms with E-state index in [-0.39, 0.29) is 11.7 Å². The maximum absolute atomic E-state index is 13.8. The van der Waals surface area contributed by atoms with E-state index in [0.717, 1.165) is 24.2 Å². The summed E-state index contributed by atoms with van der Waals surface area (Å²) in [4.78, 5) is 0. The summed E-state index contributed by atoms with van der Waals surface area (Å²) < 4.78 is 13.8. The number of halogens is 1. The highest BCUT2D eigenvalue weighted by Gasteiger charge is 2.23. The molecule has 0 saturated carbocycles. The Morgan fingerprint density at radius 1 is 0.941 bits per heavy atom. The molecule has 1 aliphatic rings. The van der Waals surface area contributed by atoms with E-state index in [0.29, 0.717) is 0 Å². The van der Waals surface area contributed by atoms with Crippen LogP contribution < -0.4 is 5.32 Å². The van der Waals surface area contributed by atoms with E-state index in [1.807, 2.05) is 24.3 Å². The molecule has 0 fully saturated rings. The number of nitrogens with one attached hydrogen (secondary N) is 1. The van der Waals surface area contributed by atoms with Crippen LogP contribution in [0.5, 0.6) is 0 Å². The molecule has 1 N–H and O–H groups in total. The molecule has 0 amide bonds. The fraction of sp³-hybridized carbons (Fsp3) is 0.200. The summed E-state index contributed by atoms with van der Waals surface area (Å²) in [6, 6.07) is 15.2.